The Morgan fingerprint density at radius 2 is 1.65 bits per heavy atom. The van der Waals surface area contributed by atoms with E-state index in [1.165, 1.54) is 5.56 Å². The SMILES string of the molecule is Cc1ccccc1[CH]CC(=O)c1ccccc1. The molecular formula is C16H15O. The maximum Gasteiger partial charge on any atom is 0.163 e. The van der Waals surface area contributed by atoms with Crippen LogP contribution in [0, 0.1) is 13.3 Å². The van der Waals surface area contributed by atoms with Gasteiger partial charge in [-0.1, -0.05) is 54.6 Å². The van der Waals surface area contributed by atoms with Crippen molar-refractivity contribution in [1.82, 2.24) is 0 Å². The van der Waals surface area contributed by atoms with Crippen LogP contribution in [0.4, 0.5) is 0 Å². The van der Waals surface area contributed by atoms with Crippen LogP contribution in [0.25, 0.3) is 0 Å². The molecule has 0 aliphatic carbocycles. The van der Waals surface area contributed by atoms with Gasteiger partial charge in [-0.05, 0) is 24.5 Å². The Morgan fingerprint density at radius 1 is 1.00 bits per heavy atom. The lowest BCUT2D eigenvalue weighted by molar-refractivity contribution is 0.0992. The van der Waals surface area contributed by atoms with Gasteiger partial charge in [-0.15, -0.1) is 0 Å². The van der Waals surface area contributed by atoms with E-state index >= 15 is 0 Å². The van der Waals surface area contributed by atoms with Crippen molar-refractivity contribution in [2.45, 2.75) is 13.3 Å². The zero-order valence-electron chi connectivity index (χ0n) is 9.89. The second-order valence-corrected chi connectivity index (χ2v) is 4.05. The molecule has 1 radical (unpaired) electrons. The number of hydrogen-bond donors (Lipinski definition) is 0. The first-order valence-corrected chi connectivity index (χ1v) is 5.74. The van der Waals surface area contributed by atoms with Gasteiger partial charge in [0, 0.05) is 12.0 Å². The van der Waals surface area contributed by atoms with Gasteiger partial charge in [-0.3, -0.25) is 4.79 Å². The van der Waals surface area contributed by atoms with Gasteiger partial charge in [-0.2, -0.15) is 0 Å². The number of ketones is 1. The van der Waals surface area contributed by atoms with Crippen LogP contribution in [-0.4, -0.2) is 5.78 Å². The average molecular weight is 223 g/mol. The molecule has 1 nitrogen and oxygen atoms in total. The summed E-state index contributed by atoms with van der Waals surface area (Å²) in [6.45, 7) is 2.05. The fourth-order valence-corrected chi connectivity index (χ4v) is 1.76. The van der Waals surface area contributed by atoms with Crippen molar-refractivity contribution in [3.8, 4) is 0 Å². The molecule has 0 aliphatic rings. The second kappa shape index (κ2) is 5.44. The Hall–Kier alpha value is -1.89. The van der Waals surface area contributed by atoms with Crippen LogP contribution in [0.3, 0.4) is 0 Å². The smallest absolute Gasteiger partial charge is 0.163 e. The van der Waals surface area contributed by atoms with E-state index in [1.807, 2.05) is 55.0 Å². The maximum absolute atomic E-state index is 11.9. The highest BCUT2D eigenvalue weighted by Crippen LogP contribution is 2.13. The van der Waals surface area contributed by atoms with Gasteiger partial charge in [0.25, 0.3) is 0 Å². The third-order valence-corrected chi connectivity index (χ3v) is 2.79. The minimum absolute atomic E-state index is 0.161. The minimum atomic E-state index is 0.161. The number of benzene rings is 2. The molecule has 0 N–H and O–H groups in total. The second-order valence-electron chi connectivity index (χ2n) is 4.05. The Labute approximate surface area is 102 Å². The zero-order valence-corrected chi connectivity index (χ0v) is 9.89. The molecule has 0 unspecified atom stereocenters. The standard InChI is InChI=1S/C16H15O/c1-13-7-5-6-8-14(13)11-12-16(17)15-9-3-2-4-10-15/h2-11H,12H2,1H3. The lowest BCUT2D eigenvalue weighted by atomic mass is 10.00. The molecule has 2 rings (SSSR count). The molecule has 0 amide bonds. The molecule has 1 heteroatoms. The Kier molecular flexibility index (Phi) is 3.71. The summed E-state index contributed by atoms with van der Waals surface area (Å²) < 4.78 is 0. The largest absolute Gasteiger partial charge is 0.294 e. The molecule has 0 bridgehead atoms. The van der Waals surface area contributed by atoms with E-state index in [2.05, 4.69) is 13.0 Å². The van der Waals surface area contributed by atoms with E-state index < -0.39 is 0 Å². The van der Waals surface area contributed by atoms with Gasteiger partial charge >= 0.3 is 0 Å². The summed E-state index contributed by atoms with van der Waals surface area (Å²) in [4.78, 5) is 11.9. The molecule has 17 heavy (non-hydrogen) atoms. The molecule has 2 aromatic rings. The number of Topliss-reactive ketones (excluding diaryl/α,β-unsaturated/α-hetero) is 1. The van der Waals surface area contributed by atoms with Crippen molar-refractivity contribution in [3.05, 3.63) is 77.7 Å². The number of carbonyl (C=O) groups excluding carboxylic acids is 1. The Morgan fingerprint density at radius 3 is 2.35 bits per heavy atom. The third kappa shape index (κ3) is 3.04. The van der Waals surface area contributed by atoms with Crippen LogP contribution >= 0.6 is 0 Å². The molecule has 2 aromatic carbocycles. The molecule has 0 saturated heterocycles. The van der Waals surface area contributed by atoms with Crippen molar-refractivity contribution in [2.24, 2.45) is 0 Å². The van der Waals surface area contributed by atoms with Crippen molar-refractivity contribution >= 4 is 5.78 Å². The van der Waals surface area contributed by atoms with E-state index in [0.717, 1.165) is 11.1 Å². The predicted molar refractivity (Wildman–Crippen MR) is 70.0 cm³/mol. The third-order valence-electron chi connectivity index (χ3n) is 2.79. The van der Waals surface area contributed by atoms with Crippen molar-refractivity contribution in [2.75, 3.05) is 0 Å². The number of aryl methyl sites for hydroxylation is 1. The average Bonchev–Trinajstić information content (AvgIpc) is 2.38. The van der Waals surface area contributed by atoms with Gasteiger partial charge in [-0.25, -0.2) is 0 Å². The van der Waals surface area contributed by atoms with Crippen molar-refractivity contribution in [3.63, 3.8) is 0 Å². The molecule has 0 aromatic heterocycles. The van der Waals surface area contributed by atoms with E-state index in [9.17, 15) is 4.79 Å². The highest BCUT2D eigenvalue weighted by molar-refractivity contribution is 5.96. The molecule has 0 saturated carbocycles. The summed E-state index contributed by atoms with van der Waals surface area (Å²) in [7, 11) is 0. The summed E-state index contributed by atoms with van der Waals surface area (Å²) in [5.41, 5.74) is 3.11. The lowest BCUT2D eigenvalue weighted by Crippen LogP contribution is -2.00. The maximum atomic E-state index is 11.9. The number of hydrogen-bond acceptors (Lipinski definition) is 1. The van der Waals surface area contributed by atoms with Crippen LogP contribution < -0.4 is 0 Å². The van der Waals surface area contributed by atoms with E-state index in [-0.39, 0.29) is 5.78 Å². The monoisotopic (exact) mass is 223 g/mol. The van der Waals surface area contributed by atoms with Gasteiger partial charge in [0.1, 0.15) is 0 Å². The quantitative estimate of drug-likeness (QED) is 0.720. The van der Waals surface area contributed by atoms with Crippen LogP contribution in [0.1, 0.15) is 27.9 Å². The molecule has 0 atom stereocenters. The van der Waals surface area contributed by atoms with Gasteiger partial charge in [0.15, 0.2) is 5.78 Å². The number of carbonyl (C=O) groups is 1. The molecule has 0 spiro atoms. The van der Waals surface area contributed by atoms with Crippen LogP contribution in [0.5, 0.6) is 0 Å². The first-order chi connectivity index (χ1) is 8.27. The molecule has 0 fully saturated rings. The summed E-state index contributed by atoms with van der Waals surface area (Å²) in [5, 5.41) is 0. The highest BCUT2D eigenvalue weighted by Gasteiger charge is 2.06. The Balaban J connectivity index is 2.00. The Bertz CT molecular complexity index is 500. The van der Waals surface area contributed by atoms with E-state index in [0.29, 0.717) is 6.42 Å². The summed E-state index contributed by atoms with van der Waals surface area (Å²) in [6.07, 6.45) is 2.44. The minimum Gasteiger partial charge on any atom is -0.294 e. The summed E-state index contributed by atoms with van der Waals surface area (Å²) in [6, 6.07) is 17.5. The molecule has 85 valence electrons. The molecule has 0 aliphatic heterocycles. The topological polar surface area (TPSA) is 17.1 Å². The number of rotatable bonds is 4. The van der Waals surface area contributed by atoms with Crippen LogP contribution in [-0.2, 0) is 0 Å². The van der Waals surface area contributed by atoms with Crippen molar-refractivity contribution in [1.29, 1.82) is 0 Å². The van der Waals surface area contributed by atoms with Gasteiger partial charge in [0.2, 0.25) is 0 Å². The van der Waals surface area contributed by atoms with Gasteiger partial charge < -0.3 is 0 Å². The van der Waals surface area contributed by atoms with E-state index in [4.69, 9.17) is 0 Å². The first-order valence-electron chi connectivity index (χ1n) is 5.74. The zero-order chi connectivity index (χ0) is 12.1. The van der Waals surface area contributed by atoms with Crippen LogP contribution in [0.15, 0.2) is 54.6 Å². The lowest BCUT2D eigenvalue weighted by Gasteiger charge is -2.04. The first kappa shape index (κ1) is 11.6. The molecular weight excluding hydrogens is 208 g/mol. The van der Waals surface area contributed by atoms with Gasteiger partial charge in [0.05, 0.1) is 0 Å². The summed E-state index contributed by atoms with van der Waals surface area (Å²) in [5.74, 6) is 0.161. The normalized spacial score (nSPS) is 10.2. The summed E-state index contributed by atoms with van der Waals surface area (Å²) >= 11 is 0. The van der Waals surface area contributed by atoms with E-state index in [1.54, 1.807) is 0 Å². The van der Waals surface area contributed by atoms with Crippen LogP contribution in [0.2, 0.25) is 0 Å². The molecule has 0 heterocycles. The fourth-order valence-electron chi connectivity index (χ4n) is 1.76. The highest BCUT2D eigenvalue weighted by atomic mass is 16.1. The fraction of sp³-hybridized carbons (Fsp3) is 0.125. The predicted octanol–water partition coefficient (Wildman–Crippen LogP) is 3.82. The van der Waals surface area contributed by atoms with Crippen molar-refractivity contribution < 1.29 is 4.79 Å².